The van der Waals surface area contributed by atoms with Crippen LogP contribution < -0.4 is 4.74 Å². The first kappa shape index (κ1) is 8.42. The highest BCUT2D eigenvalue weighted by Gasteiger charge is 2.20. The SMILES string of the molecule is COc1cc(C)c(O)c2c1CCC2. The second-order valence-corrected chi connectivity index (χ2v) is 3.55. The lowest BCUT2D eigenvalue weighted by molar-refractivity contribution is 0.406. The summed E-state index contributed by atoms with van der Waals surface area (Å²) in [5.41, 5.74) is 3.21. The highest BCUT2D eigenvalue weighted by Crippen LogP contribution is 2.38. The maximum atomic E-state index is 9.78. The Bertz CT molecular complexity index is 342. The van der Waals surface area contributed by atoms with Gasteiger partial charge in [0.25, 0.3) is 0 Å². The monoisotopic (exact) mass is 178 g/mol. The fourth-order valence-corrected chi connectivity index (χ4v) is 2.05. The molecule has 13 heavy (non-hydrogen) atoms. The van der Waals surface area contributed by atoms with E-state index in [-0.39, 0.29) is 0 Å². The predicted octanol–water partition coefficient (Wildman–Crippen LogP) is 2.20. The molecule has 0 heterocycles. The summed E-state index contributed by atoms with van der Waals surface area (Å²) in [4.78, 5) is 0. The van der Waals surface area contributed by atoms with Crippen LogP contribution in [0.5, 0.6) is 11.5 Å². The van der Waals surface area contributed by atoms with E-state index in [2.05, 4.69) is 0 Å². The number of rotatable bonds is 1. The van der Waals surface area contributed by atoms with Gasteiger partial charge in [0.05, 0.1) is 7.11 Å². The first-order valence-electron chi connectivity index (χ1n) is 4.62. The number of aryl methyl sites for hydroxylation is 1. The Kier molecular flexibility index (Phi) is 1.91. The quantitative estimate of drug-likeness (QED) is 0.714. The fourth-order valence-electron chi connectivity index (χ4n) is 2.05. The predicted molar refractivity (Wildman–Crippen MR) is 51.4 cm³/mol. The van der Waals surface area contributed by atoms with Crippen molar-refractivity contribution in [3.63, 3.8) is 0 Å². The summed E-state index contributed by atoms with van der Waals surface area (Å²) in [6.07, 6.45) is 3.15. The molecular formula is C11H14O2. The molecule has 0 saturated carbocycles. The van der Waals surface area contributed by atoms with Gasteiger partial charge in [0, 0.05) is 11.1 Å². The van der Waals surface area contributed by atoms with Crippen LogP contribution in [-0.4, -0.2) is 12.2 Å². The molecule has 1 aromatic carbocycles. The van der Waals surface area contributed by atoms with Crippen LogP contribution >= 0.6 is 0 Å². The second kappa shape index (κ2) is 2.95. The molecular weight excluding hydrogens is 164 g/mol. The minimum absolute atomic E-state index is 0.466. The molecule has 0 saturated heterocycles. The number of ether oxygens (including phenoxy) is 1. The maximum absolute atomic E-state index is 9.78. The van der Waals surface area contributed by atoms with Gasteiger partial charge in [0.15, 0.2) is 0 Å². The van der Waals surface area contributed by atoms with Gasteiger partial charge < -0.3 is 9.84 Å². The lowest BCUT2D eigenvalue weighted by atomic mass is 10.0. The molecule has 70 valence electrons. The molecule has 1 aliphatic rings. The van der Waals surface area contributed by atoms with E-state index >= 15 is 0 Å². The van der Waals surface area contributed by atoms with E-state index in [0.717, 1.165) is 36.1 Å². The van der Waals surface area contributed by atoms with Crippen molar-refractivity contribution in [1.82, 2.24) is 0 Å². The molecule has 0 bridgehead atoms. The van der Waals surface area contributed by atoms with Crippen molar-refractivity contribution in [2.45, 2.75) is 26.2 Å². The van der Waals surface area contributed by atoms with E-state index < -0.39 is 0 Å². The summed E-state index contributed by atoms with van der Waals surface area (Å²) in [6, 6.07) is 1.92. The van der Waals surface area contributed by atoms with E-state index in [1.54, 1.807) is 7.11 Å². The summed E-state index contributed by atoms with van der Waals surface area (Å²) in [5, 5.41) is 9.78. The molecule has 1 aliphatic carbocycles. The van der Waals surface area contributed by atoms with Crippen molar-refractivity contribution in [1.29, 1.82) is 0 Å². The van der Waals surface area contributed by atoms with Gasteiger partial charge in [-0.2, -0.15) is 0 Å². The second-order valence-electron chi connectivity index (χ2n) is 3.55. The maximum Gasteiger partial charge on any atom is 0.122 e. The highest BCUT2D eigenvalue weighted by atomic mass is 16.5. The number of hydrogen-bond acceptors (Lipinski definition) is 2. The van der Waals surface area contributed by atoms with Gasteiger partial charge in [-0.15, -0.1) is 0 Å². The van der Waals surface area contributed by atoms with E-state index in [1.165, 1.54) is 5.56 Å². The van der Waals surface area contributed by atoms with Crippen molar-refractivity contribution < 1.29 is 9.84 Å². The van der Waals surface area contributed by atoms with Crippen molar-refractivity contribution in [3.05, 3.63) is 22.8 Å². The first-order chi connectivity index (χ1) is 6.24. The van der Waals surface area contributed by atoms with E-state index in [9.17, 15) is 5.11 Å². The van der Waals surface area contributed by atoms with Crippen molar-refractivity contribution in [3.8, 4) is 11.5 Å². The molecule has 0 amide bonds. The van der Waals surface area contributed by atoms with Gasteiger partial charge in [0.1, 0.15) is 11.5 Å². The Morgan fingerprint density at radius 3 is 2.69 bits per heavy atom. The average Bonchev–Trinajstić information content (AvgIpc) is 2.60. The molecule has 2 nitrogen and oxygen atoms in total. The molecule has 0 spiro atoms. The lowest BCUT2D eigenvalue weighted by Gasteiger charge is -2.10. The Labute approximate surface area is 78.2 Å². The summed E-state index contributed by atoms with van der Waals surface area (Å²) in [6.45, 7) is 1.91. The van der Waals surface area contributed by atoms with Gasteiger partial charge in [-0.3, -0.25) is 0 Å². The molecule has 1 aromatic rings. The molecule has 0 aromatic heterocycles. The Hall–Kier alpha value is -1.18. The molecule has 0 radical (unpaired) electrons. The zero-order valence-corrected chi connectivity index (χ0v) is 8.05. The van der Waals surface area contributed by atoms with Crippen LogP contribution in [0.3, 0.4) is 0 Å². The Morgan fingerprint density at radius 1 is 1.31 bits per heavy atom. The van der Waals surface area contributed by atoms with Crippen LogP contribution in [0.2, 0.25) is 0 Å². The number of hydrogen-bond donors (Lipinski definition) is 1. The third-order valence-corrected chi connectivity index (χ3v) is 2.74. The minimum Gasteiger partial charge on any atom is -0.507 e. The van der Waals surface area contributed by atoms with Crippen molar-refractivity contribution in [2.24, 2.45) is 0 Å². The summed E-state index contributed by atoms with van der Waals surface area (Å²) in [7, 11) is 1.68. The van der Waals surface area contributed by atoms with Gasteiger partial charge in [0.2, 0.25) is 0 Å². The molecule has 1 N–H and O–H groups in total. The molecule has 2 heteroatoms. The molecule has 2 rings (SSSR count). The third kappa shape index (κ3) is 1.17. The van der Waals surface area contributed by atoms with Crippen LogP contribution in [0.25, 0.3) is 0 Å². The third-order valence-electron chi connectivity index (χ3n) is 2.74. The average molecular weight is 178 g/mol. The number of phenolic OH excluding ortho intramolecular Hbond substituents is 1. The van der Waals surface area contributed by atoms with Gasteiger partial charge in [-0.25, -0.2) is 0 Å². The summed E-state index contributed by atoms with van der Waals surface area (Å²) < 4.78 is 5.28. The van der Waals surface area contributed by atoms with E-state index in [4.69, 9.17) is 4.74 Å². The smallest absolute Gasteiger partial charge is 0.122 e. The van der Waals surface area contributed by atoms with E-state index in [1.807, 2.05) is 13.0 Å². The number of methoxy groups -OCH3 is 1. The molecule has 0 unspecified atom stereocenters. The Balaban J connectivity index is 2.64. The van der Waals surface area contributed by atoms with Crippen LogP contribution in [0.1, 0.15) is 23.1 Å². The summed E-state index contributed by atoms with van der Waals surface area (Å²) in [5.74, 6) is 1.40. The van der Waals surface area contributed by atoms with Crippen LogP contribution in [0.4, 0.5) is 0 Å². The number of aromatic hydroxyl groups is 1. The van der Waals surface area contributed by atoms with Gasteiger partial charge in [-0.05, 0) is 37.8 Å². The molecule has 0 aliphatic heterocycles. The van der Waals surface area contributed by atoms with Crippen LogP contribution in [0, 0.1) is 6.92 Å². The summed E-state index contributed by atoms with van der Waals surface area (Å²) >= 11 is 0. The zero-order valence-electron chi connectivity index (χ0n) is 8.05. The first-order valence-corrected chi connectivity index (χ1v) is 4.62. The highest BCUT2D eigenvalue weighted by molar-refractivity contribution is 5.54. The number of phenols is 1. The largest absolute Gasteiger partial charge is 0.507 e. The Morgan fingerprint density at radius 2 is 2.00 bits per heavy atom. The number of fused-ring (bicyclic) bond motifs is 1. The standard InChI is InChI=1S/C11H14O2/c1-7-6-10(13-2)8-4-3-5-9(8)11(7)12/h6,12H,3-5H2,1-2H3. The van der Waals surface area contributed by atoms with Crippen LogP contribution in [-0.2, 0) is 12.8 Å². The normalized spacial score (nSPS) is 14.3. The molecule has 0 atom stereocenters. The van der Waals surface area contributed by atoms with E-state index in [0.29, 0.717) is 5.75 Å². The van der Waals surface area contributed by atoms with Gasteiger partial charge >= 0.3 is 0 Å². The lowest BCUT2D eigenvalue weighted by Crippen LogP contribution is -1.93. The minimum atomic E-state index is 0.466. The topological polar surface area (TPSA) is 29.5 Å². The fraction of sp³-hybridized carbons (Fsp3) is 0.455. The van der Waals surface area contributed by atoms with Crippen LogP contribution in [0.15, 0.2) is 6.07 Å². The van der Waals surface area contributed by atoms with Crippen molar-refractivity contribution >= 4 is 0 Å². The van der Waals surface area contributed by atoms with Gasteiger partial charge in [-0.1, -0.05) is 0 Å². The zero-order chi connectivity index (χ0) is 9.42. The number of benzene rings is 1. The van der Waals surface area contributed by atoms with Crippen molar-refractivity contribution in [2.75, 3.05) is 7.11 Å². The molecule has 0 fully saturated rings.